The van der Waals surface area contributed by atoms with Crippen LogP contribution in [0.15, 0.2) is 24.3 Å². The third kappa shape index (κ3) is 1.95. The molecular weight excluding hydrogens is 230 g/mol. The summed E-state index contributed by atoms with van der Waals surface area (Å²) in [5.41, 5.74) is 2.62. The Kier molecular flexibility index (Phi) is 2.51. The molecule has 18 heavy (non-hydrogen) atoms. The number of aryl methyl sites for hydroxylation is 1. The number of carbonyl (C=O) groups excluding carboxylic acids is 1. The van der Waals surface area contributed by atoms with Crippen molar-refractivity contribution in [1.82, 2.24) is 10.2 Å². The smallest absolute Gasteiger partial charge is 0.256 e. The average Bonchev–Trinajstić information content (AvgIpc) is 2.96. The number of rotatable bonds is 2. The molecule has 1 aliphatic rings. The second kappa shape index (κ2) is 4.18. The van der Waals surface area contributed by atoms with Crippen molar-refractivity contribution in [3.05, 3.63) is 41.1 Å². The Morgan fingerprint density at radius 2 is 2.33 bits per heavy atom. The monoisotopic (exact) mass is 243 g/mol. The normalized spacial score (nSPS) is 12.9. The van der Waals surface area contributed by atoms with Crippen LogP contribution >= 0.6 is 0 Å². The fourth-order valence-corrected chi connectivity index (χ4v) is 2.00. The van der Waals surface area contributed by atoms with Crippen molar-refractivity contribution in [2.45, 2.75) is 13.3 Å². The van der Waals surface area contributed by atoms with Gasteiger partial charge in [0.15, 0.2) is 5.82 Å². The molecule has 0 aliphatic carbocycles. The maximum absolute atomic E-state index is 12.0. The van der Waals surface area contributed by atoms with Crippen LogP contribution in [0.25, 0.3) is 0 Å². The molecule has 3 rings (SSSR count). The number of nitrogens with one attached hydrogen (secondary N) is 2. The first kappa shape index (κ1) is 10.8. The molecule has 5 nitrogen and oxygen atoms in total. The van der Waals surface area contributed by atoms with Gasteiger partial charge in [0.2, 0.25) is 0 Å². The summed E-state index contributed by atoms with van der Waals surface area (Å²) in [4.78, 5) is 12.0. The molecule has 0 saturated heterocycles. The van der Waals surface area contributed by atoms with Crippen molar-refractivity contribution in [1.29, 1.82) is 0 Å². The predicted octanol–water partition coefficient (Wildman–Crippen LogP) is 1.91. The summed E-state index contributed by atoms with van der Waals surface area (Å²) < 4.78 is 5.41. The Morgan fingerprint density at radius 1 is 1.44 bits per heavy atom. The first-order valence-corrected chi connectivity index (χ1v) is 5.81. The SMILES string of the molecule is Cc1cc(NC(=O)c2ccc3c(c2)CCO3)n[nH]1. The molecule has 1 aromatic carbocycles. The molecule has 0 unspecified atom stereocenters. The minimum absolute atomic E-state index is 0.156. The van der Waals surface area contributed by atoms with Crippen LogP contribution in [0.5, 0.6) is 5.75 Å². The van der Waals surface area contributed by atoms with E-state index in [4.69, 9.17) is 4.74 Å². The minimum atomic E-state index is -0.156. The van der Waals surface area contributed by atoms with Crippen molar-refractivity contribution in [2.75, 3.05) is 11.9 Å². The molecule has 1 amide bonds. The van der Waals surface area contributed by atoms with Crippen molar-refractivity contribution in [3.8, 4) is 5.75 Å². The van der Waals surface area contributed by atoms with Crippen LogP contribution in [0.2, 0.25) is 0 Å². The third-order valence-electron chi connectivity index (χ3n) is 2.90. The van der Waals surface area contributed by atoms with Gasteiger partial charge >= 0.3 is 0 Å². The Balaban J connectivity index is 1.80. The highest BCUT2D eigenvalue weighted by Crippen LogP contribution is 2.26. The first-order valence-electron chi connectivity index (χ1n) is 5.81. The van der Waals surface area contributed by atoms with Crippen molar-refractivity contribution in [2.24, 2.45) is 0 Å². The molecule has 0 fully saturated rings. The van der Waals surface area contributed by atoms with E-state index in [0.717, 1.165) is 23.4 Å². The number of H-pyrrole nitrogens is 1. The fourth-order valence-electron chi connectivity index (χ4n) is 2.00. The summed E-state index contributed by atoms with van der Waals surface area (Å²) in [5, 5.41) is 9.50. The van der Waals surface area contributed by atoms with E-state index < -0.39 is 0 Å². The molecule has 1 aromatic heterocycles. The van der Waals surface area contributed by atoms with Gasteiger partial charge in [-0.15, -0.1) is 0 Å². The van der Waals surface area contributed by atoms with Crippen LogP contribution in [0.1, 0.15) is 21.6 Å². The summed E-state index contributed by atoms with van der Waals surface area (Å²) in [5.74, 6) is 1.26. The fraction of sp³-hybridized carbons (Fsp3) is 0.231. The number of aromatic nitrogens is 2. The van der Waals surface area contributed by atoms with E-state index in [0.29, 0.717) is 18.0 Å². The molecule has 92 valence electrons. The summed E-state index contributed by atoms with van der Waals surface area (Å²) in [6.45, 7) is 2.58. The molecule has 0 radical (unpaired) electrons. The van der Waals surface area contributed by atoms with Gasteiger partial charge in [0.1, 0.15) is 5.75 Å². The van der Waals surface area contributed by atoms with Gasteiger partial charge in [-0.2, -0.15) is 5.10 Å². The highest BCUT2D eigenvalue weighted by molar-refractivity contribution is 6.04. The molecule has 0 saturated carbocycles. The largest absolute Gasteiger partial charge is 0.493 e. The van der Waals surface area contributed by atoms with Gasteiger partial charge in [-0.3, -0.25) is 9.89 Å². The van der Waals surface area contributed by atoms with Gasteiger partial charge in [0, 0.05) is 23.7 Å². The van der Waals surface area contributed by atoms with E-state index in [1.54, 1.807) is 12.1 Å². The van der Waals surface area contributed by atoms with Crippen LogP contribution < -0.4 is 10.1 Å². The summed E-state index contributed by atoms with van der Waals surface area (Å²) >= 11 is 0. The van der Waals surface area contributed by atoms with E-state index in [1.165, 1.54) is 0 Å². The third-order valence-corrected chi connectivity index (χ3v) is 2.90. The summed E-state index contributed by atoms with van der Waals surface area (Å²) in [7, 11) is 0. The zero-order valence-electron chi connectivity index (χ0n) is 9.99. The first-order chi connectivity index (χ1) is 8.72. The van der Waals surface area contributed by atoms with Crippen LogP contribution in [-0.2, 0) is 6.42 Å². The number of amides is 1. The van der Waals surface area contributed by atoms with E-state index in [1.807, 2.05) is 19.1 Å². The Bertz CT molecular complexity index is 604. The highest BCUT2D eigenvalue weighted by Gasteiger charge is 2.15. The van der Waals surface area contributed by atoms with Gasteiger partial charge in [-0.25, -0.2) is 0 Å². The number of fused-ring (bicyclic) bond motifs is 1. The zero-order chi connectivity index (χ0) is 12.5. The highest BCUT2D eigenvalue weighted by atomic mass is 16.5. The van der Waals surface area contributed by atoms with Crippen molar-refractivity contribution >= 4 is 11.7 Å². The summed E-state index contributed by atoms with van der Waals surface area (Å²) in [6.07, 6.45) is 0.859. The number of anilines is 1. The number of hydrogen-bond donors (Lipinski definition) is 2. The Hall–Kier alpha value is -2.30. The molecule has 1 aliphatic heterocycles. The second-order valence-electron chi connectivity index (χ2n) is 4.31. The molecule has 2 aromatic rings. The van der Waals surface area contributed by atoms with Crippen LogP contribution in [-0.4, -0.2) is 22.7 Å². The topological polar surface area (TPSA) is 67.0 Å². The van der Waals surface area contributed by atoms with E-state index >= 15 is 0 Å². The van der Waals surface area contributed by atoms with Gasteiger partial charge in [-0.1, -0.05) is 0 Å². The van der Waals surface area contributed by atoms with Gasteiger partial charge in [-0.05, 0) is 30.7 Å². The molecule has 2 heterocycles. The maximum Gasteiger partial charge on any atom is 0.256 e. The van der Waals surface area contributed by atoms with Crippen molar-refractivity contribution < 1.29 is 9.53 Å². The number of hydrogen-bond acceptors (Lipinski definition) is 3. The Morgan fingerprint density at radius 3 is 3.11 bits per heavy atom. The number of benzene rings is 1. The maximum atomic E-state index is 12.0. The van der Waals surface area contributed by atoms with Crippen LogP contribution in [0.3, 0.4) is 0 Å². The molecule has 0 atom stereocenters. The van der Waals surface area contributed by atoms with Gasteiger partial charge in [0.05, 0.1) is 6.61 Å². The quantitative estimate of drug-likeness (QED) is 0.846. The lowest BCUT2D eigenvalue weighted by atomic mass is 10.1. The molecular formula is C13H13N3O2. The predicted molar refractivity (Wildman–Crippen MR) is 66.9 cm³/mol. The Labute approximate surface area is 104 Å². The van der Waals surface area contributed by atoms with E-state index in [9.17, 15) is 4.79 Å². The van der Waals surface area contributed by atoms with Crippen molar-refractivity contribution in [3.63, 3.8) is 0 Å². The standard InChI is InChI=1S/C13H13N3O2/c1-8-6-12(16-15-8)14-13(17)10-2-3-11-9(7-10)4-5-18-11/h2-3,6-7H,4-5H2,1H3,(H2,14,15,16,17). The number of ether oxygens (including phenoxy) is 1. The lowest BCUT2D eigenvalue weighted by Gasteiger charge is -2.04. The van der Waals surface area contributed by atoms with Gasteiger partial charge < -0.3 is 10.1 Å². The van der Waals surface area contributed by atoms with Crippen LogP contribution in [0, 0.1) is 6.92 Å². The zero-order valence-corrected chi connectivity index (χ0v) is 9.99. The average molecular weight is 243 g/mol. The molecule has 5 heteroatoms. The van der Waals surface area contributed by atoms with Gasteiger partial charge in [0.25, 0.3) is 5.91 Å². The molecule has 2 N–H and O–H groups in total. The van der Waals surface area contributed by atoms with Crippen LogP contribution in [0.4, 0.5) is 5.82 Å². The lowest BCUT2D eigenvalue weighted by Crippen LogP contribution is -2.12. The van der Waals surface area contributed by atoms with E-state index in [2.05, 4.69) is 15.5 Å². The summed E-state index contributed by atoms with van der Waals surface area (Å²) in [6, 6.07) is 7.26. The second-order valence-corrected chi connectivity index (χ2v) is 4.31. The lowest BCUT2D eigenvalue weighted by molar-refractivity contribution is 0.102. The number of carbonyl (C=O) groups is 1. The number of aromatic amines is 1. The molecule has 0 bridgehead atoms. The number of nitrogens with zero attached hydrogens (tertiary/aromatic N) is 1. The van der Waals surface area contributed by atoms with E-state index in [-0.39, 0.29) is 5.91 Å². The molecule has 0 spiro atoms. The minimum Gasteiger partial charge on any atom is -0.493 e.